The van der Waals surface area contributed by atoms with Gasteiger partial charge in [0.05, 0.1) is 17.7 Å². The Bertz CT molecular complexity index is 276. The zero-order chi connectivity index (χ0) is 9.61. The van der Waals surface area contributed by atoms with Crippen molar-refractivity contribution in [2.45, 2.75) is 24.5 Å². The van der Waals surface area contributed by atoms with Gasteiger partial charge in [-0.3, -0.25) is 0 Å². The summed E-state index contributed by atoms with van der Waals surface area (Å²) in [7, 11) is -3.57. The maximum Gasteiger partial charge on any atom is 0.212 e. The first kappa shape index (κ1) is 11.1. The lowest BCUT2D eigenvalue weighted by molar-refractivity contribution is 0.574. The number of sulfonamides is 1. The highest BCUT2D eigenvalue weighted by Crippen LogP contribution is 2.09. The molecule has 12 heavy (non-hydrogen) atoms. The maximum absolute atomic E-state index is 10.8. The number of primary sulfonamides is 1. The molecule has 0 saturated heterocycles. The van der Waals surface area contributed by atoms with E-state index in [1.165, 1.54) is 0 Å². The van der Waals surface area contributed by atoms with Gasteiger partial charge in [0, 0.05) is 0 Å². The van der Waals surface area contributed by atoms with Gasteiger partial charge >= 0.3 is 0 Å². The molecule has 0 bridgehead atoms. The van der Waals surface area contributed by atoms with Crippen LogP contribution < -0.4 is 5.14 Å². The second-order valence-electron chi connectivity index (χ2n) is 2.44. The molecule has 2 N–H and O–H groups in total. The number of hydrogen-bond donors (Lipinski definition) is 1. The molecule has 0 radical (unpaired) electrons. The molecule has 0 rings (SSSR count). The number of allylic oxidation sites excluding steroid dienone is 1. The van der Waals surface area contributed by atoms with E-state index in [0.29, 0.717) is 12.8 Å². The summed E-state index contributed by atoms with van der Waals surface area (Å²) in [5, 5.41) is 12.4. The van der Waals surface area contributed by atoms with E-state index in [1.807, 2.05) is 0 Å². The molecule has 0 aromatic rings. The molecule has 1 atom stereocenters. The number of nitrogens with two attached hydrogens (primary N) is 1. The van der Waals surface area contributed by atoms with Gasteiger partial charge in [0.15, 0.2) is 0 Å². The van der Waals surface area contributed by atoms with Gasteiger partial charge in [-0.2, -0.15) is 5.26 Å². The molecule has 0 unspecified atom stereocenters. The zero-order valence-corrected chi connectivity index (χ0v) is 7.55. The highest BCUT2D eigenvalue weighted by atomic mass is 32.2. The van der Waals surface area contributed by atoms with Crippen LogP contribution in [0.3, 0.4) is 0 Å². The van der Waals surface area contributed by atoms with Crippen molar-refractivity contribution in [2.24, 2.45) is 5.14 Å². The largest absolute Gasteiger partial charge is 0.228 e. The van der Waals surface area contributed by atoms with Crippen LogP contribution in [0.2, 0.25) is 0 Å². The summed E-state index contributed by atoms with van der Waals surface area (Å²) in [4.78, 5) is 0. The lowest BCUT2D eigenvalue weighted by Gasteiger charge is -2.08. The first-order chi connectivity index (χ1) is 5.52. The Morgan fingerprint density at radius 3 is 2.58 bits per heavy atom. The molecule has 0 aliphatic rings. The molecule has 0 aliphatic carbocycles. The quantitative estimate of drug-likeness (QED) is 0.638. The Morgan fingerprint density at radius 2 is 2.25 bits per heavy atom. The van der Waals surface area contributed by atoms with Crippen LogP contribution in [-0.2, 0) is 10.0 Å². The van der Waals surface area contributed by atoms with Crippen molar-refractivity contribution in [3.8, 4) is 6.07 Å². The van der Waals surface area contributed by atoms with E-state index in [2.05, 4.69) is 6.58 Å². The SMILES string of the molecule is C=CCC[C@@H](CC#N)S(N)(=O)=O. The summed E-state index contributed by atoms with van der Waals surface area (Å²) >= 11 is 0. The molecule has 0 amide bonds. The lowest BCUT2D eigenvalue weighted by atomic mass is 10.2. The van der Waals surface area contributed by atoms with Crippen molar-refractivity contribution >= 4 is 10.0 Å². The summed E-state index contributed by atoms with van der Waals surface area (Å²) < 4.78 is 21.6. The highest BCUT2D eigenvalue weighted by Gasteiger charge is 2.19. The predicted molar refractivity (Wildman–Crippen MR) is 46.6 cm³/mol. The van der Waals surface area contributed by atoms with E-state index in [-0.39, 0.29) is 6.42 Å². The maximum atomic E-state index is 10.8. The molecule has 68 valence electrons. The Morgan fingerprint density at radius 1 is 1.67 bits per heavy atom. The third-order valence-electron chi connectivity index (χ3n) is 1.48. The first-order valence-electron chi connectivity index (χ1n) is 3.51. The Hall–Kier alpha value is -0.860. The topological polar surface area (TPSA) is 83.9 Å². The molecule has 0 aromatic heterocycles. The van der Waals surface area contributed by atoms with Crippen molar-refractivity contribution in [3.63, 3.8) is 0 Å². The van der Waals surface area contributed by atoms with Crippen molar-refractivity contribution in [1.82, 2.24) is 0 Å². The predicted octanol–water partition coefficient (Wildman–Crippen LogP) is 0.523. The lowest BCUT2D eigenvalue weighted by Crippen LogP contribution is -2.28. The minimum absolute atomic E-state index is 0.0489. The van der Waals surface area contributed by atoms with E-state index in [9.17, 15) is 8.42 Å². The molecule has 0 saturated carbocycles. The Balaban J connectivity index is 4.26. The summed E-state index contributed by atoms with van der Waals surface area (Å²) in [6, 6.07) is 1.79. The Kier molecular flexibility index (Phi) is 4.55. The number of hydrogen-bond acceptors (Lipinski definition) is 3. The van der Waals surface area contributed by atoms with Crippen LogP contribution >= 0.6 is 0 Å². The number of rotatable bonds is 5. The number of nitrogens with zero attached hydrogens (tertiary/aromatic N) is 1. The van der Waals surface area contributed by atoms with Crippen molar-refractivity contribution < 1.29 is 8.42 Å². The summed E-state index contributed by atoms with van der Waals surface area (Å²) in [5.74, 6) is 0. The summed E-state index contributed by atoms with van der Waals surface area (Å²) in [6.45, 7) is 3.46. The van der Waals surface area contributed by atoms with Gasteiger partial charge in [0.1, 0.15) is 0 Å². The molecule has 0 fully saturated rings. The van der Waals surface area contributed by atoms with Gasteiger partial charge in [-0.25, -0.2) is 13.6 Å². The second kappa shape index (κ2) is 4.91. The van der Waals surface area contributed by atoms with Gasteiger partial charge in [-0.05, 0) is 12.8 Å². The van der Waals surface area contributed by atoms with Crippen LogP contribution in [0.1, 0.15) is 19.3 Å². The van der Waals surface area contributed by atoms with Gasteiger partial charge in [-0.1, -0.05) is 6.08 Å². The molecule has 0 aliphatic heterocycles. The molecule has 0 spiro atoms. The van der Waals surface area contributed by atoms with Crippen molar-refractivity contribution in [2.75, 3.05) is 0 Å². The van der Waals surface area contributed by atoms with Gasteiger partial charge < -0.3 is 0 Å². The molecule has 0 aromatic carbocycles. The Labute approximate surface area is 72.7 Å². The fourth-order valence-corrected chi connectivity index (χ4v) is 1.56. The van der Waals surface area contributed by atoms with E-state index in [0.717, 1.165) is 0 Å². The monoisotopic (exact) mass is 188 g/mol. The highest BCUT2D eigenvalue weighted by molar-refractivity contribution is 7.89. The van der Waals surface area contributed by atoms with Crippen LogP contribution in [0.5, 0.6) is 0 Å². The van der Waals surface area contributed by atoms with Crippen LogP contribution in [0.4, 0.5) is 0 Å². The van der Waals surface area contributed by atoms with Crippen LogP contribution in [0, 0.1) is 11.3 Å². The summed E-state index contributed by atoms with van der Waals surface area (Å²) in [5.41, 5.74) is 0. The first-order valence-corrected chi connectivity index (χ1v) is 5.12. The van der Waals surface area contributed by atoms with Crippen molar-refractivity contribution in [1.29, 1.82) is 5.26 Å². The van der Waals surface area contributed by atoms with E-state index in [1.54, 1.807) is 12.1 Å². The minimum Gasteiger partial charge on any atom is -0.228 e. The van der Waals surface area contributed by atoms with Gasteiger partial charge in [0.2, 0.25) is 10.0 Å². The van der Waals surface area contributed by atoms with E-state index >= 15 is 0 Å². The van der Waals surface area contributed by atoms with Crippen LogP contribution in [0.25, 0.3) is 0 Å². The standard InChI is InChI=1S/C7H12N2O2S/c1-2-3-4-7(5-6-8)12(9,10)11/h2,7H,1,3-5H2,(H2,9,10,11)/t7-/m0/s1. The van der Waals surface area contributed by atoms with E-state index < -0.39 is 15.3 Å². The molecular formula is C7H12N2O2S. The van der Waals surface area contributed by atoms with E-state index in [4.69, 9.17) is 10.4 Å². The molecule has 4 nitrogen and oxygen atoms in total. The fraction of sp³-hybridized carbons (Fsp3) is 0.571. The average Bonchev–Trinajstić information content (AvgIpc) is 1.95. The minimum atomic E-state index is -3.57. The third-order valence-corrected chi connectivity index (χ3v) is 2.81. The smallest absolute Gasteiger partial charge is 0.212 e. The third kappa shape index (κ3) is 4.11. The molecular weight excluding hydrogens is 176 g/mol. The van der Waals surface area contributed by atoms with Crippen molar-refractivity contribution in [3.05, 3.63) is 12.7 Å². The van der Waals surface area contributed by atoms with Crippen LogP contribution in [0.15, 0.2) is 12.7 Å². The van der Waals surface area contributed by atoms with Crippen LogP contribution in [-0.4, -0.2) is 13.7 Å². The molecule has 0 heterocycles. The normalized spacial score (nSPS) is 13.3. The fourth-order valence-electron chi connectivity index (χ4n) is 0.788. The van der Waals surface area contributed by atoms with Gasteiger partial charge in [-0.15, -0.1) is 6.58 Å². The summed E-state index contributed by atoms with van der Waals surface area (Å²) in [6.07, 6.45) is 2.49. The zero-order valence-electron chi connectivity index (χ0n) is 6.73. The average molecular weight is 188 g/mol. The second-order valence-corrected chi connectivity index (χ2v) is 4.28. The number of nitriles is 1. The van der Waals surface area contributed by atoms with Gasteiger partial charge in [0.25, 0.3) is 0 Å². The molecule has 5 heteroatoms.